The molecule has 32 heavy (non-hydrogen) atoms. The van der Waals surface area contributed by atoms with E-state index >= 15 is 0 Å². The zero-order valence-corrected chi connectivity index (χ0v) is 18.5. The molecule has 1 saturated heterocycles. The lowest BCUT2D eigenvalue weighted by atomic mass is 9.65. The van der Waals surface area contributed by atoms with E-state index in [9.17, 15) is 5.26 Å². The van der Waals surface area contributed by atoms with Gasteiger partial charge in [-0.25, -0.2) is 4.98 Å². The van der Waals surface area contributed by atoms with Crippen molar-refractivity contribution in [2.24, 2.45) is 5.41 Å². The molecule has 1 spiro atoms. The highest BCUT2D eigenvalue weighted by Gasteiger charge is 2.50. The summed E-state index contributed by atoms with van der Waals surface area (Å²) in [5.74, 6) is 0.915. The van der Waals surface area contributed by atoms with Crippen molar-refractivity contribution in [3.8, 4) is 17.5 Å². The van der Waals surface area contributed by atoms with Gasteiger partial charge < -0.3 is 9.64 Å². The van der Waals surface area contributed by atoms with Gasteiger partial charge in [0.25, 0.3) is 0 Å². The van der Waals surface area contributed by atoms with Crippen molar-refractivity contribution in [2.75, 3.05) is 24.7 Å². The van der Waals surface area contributed by atoms with E-state index in [-0.39, 0.29) is 6.04 Å². The lowest BCUT2D eigenvalue weighted by Gasteiger charge is -2.38. The van der Waals surface area contributed by atoms with Gasteiger partial charge in [-0.1, -0.05) is 0 Å². The van der Waals surface area contributed by atoms with Crippen LogP contribution in [0, 0.1) is 16.7 Å². The van der Waals surface area contributed by atoms with Gasteiger partial charge in [-0.15, -0.1) is 0 Å². The third kappa shape index (κ3) is 3.08. The van der Waals surface area contributed by atoms with Crippen LogP contribution in [-0.2, 0) is 10.2 Å². The number of nitrogens with one attached hydrogen (secondary N) is 1. The summed E-state index contributed by atoms with van der Waals surface area (Å²) in [6.07, 6.45) is 10.4. The van der Waals surface area contributed by atoms with E-state index in [1.165, 1.54) is 12.8 Å². The number of hydrogen-bond acceptors (Lipinski definition) is 6. The van der Waals surface area contributed by atoms with Gasteiger partial charge in [-0.3, -0.25) is 10.1 Å². The van der Waals surface area contributed by atoms with E-state index in [0.717, 1.165) is 65.9 Å². The highest BCUT2D eigenvalue weighted by atomic mass is 16.5. The average molecular weight is 429 g/mol. The number of aromatic nitrogens is 4. The molecule has 4 heterocycles. The highest BCUT2D eigenvalue weighted by Crippen LogP contribution is 2.60. The minimum Gasteiger partial charge on any atom is -0.377 e. The van der Waals surface area contributed by atoms with Gasteiger partial charge in [0.1, 0.15) is 17.0 Å². The van der Waals surface area contributed by atoms with Crippen LogP contribution in [0.3, 0.4) is 0 Å². The molecule has 2 saturated carbocycles. The van der Waals surface area contributed by atoms with Crippen molar-refractivity contribution >= 4 is 16.7 Å². The number of morpholine rings is 1. The van der Waals surface area contributed by atoms with E-state index in [1.54, 1.807) is 6.20 Å². The van der Waals surface area contributed by atoms with Crippen LogP contribution >= 0.6 is 0 Å². The summed E-state index contributed by atoms with van der Waals surface area (Å²) in [6, 6.07) is 9.15. The second-order valence-corrected chi connectivity index (χ2v) is 9.87. The number of anilines is 1. The minimum atomic E-state index is -0.480. The molecule has 3 aromatic rings. The molecule has 7 heteroatoms. The zero-order chi connectivity index (χ0) is 21.8. The van der Waals surface area contributed by atoms with Gasteiger partial charge >= 0.3 is 0 Å². The monoisotopic (exact) mass is 428 g/mol. The van der Waals surface area contributed by atoms with Crippen LogP contribution in [0.1, 0.15) is 51.0 Å². The van der Waals surface area contributed by atoms with E-state index in [0.29, 0.717) is 18.6 Å². The summed E-state index contributed by atoms with van der Waals surface area (Å²) in [5.41, 5.74) is 3.61. The Morgan fingerprint density at radius 3 is 2.66 bits per heavy atom. The highest BCUT2D eigenvalue weighted by molar-refractivity contribution is 5.94. The molecular weight excluding hydrogens is 400 g/mol. The van der Waals surface area contributed by atoms with Crippen LogP contribution in [0.2, 0.25) is 0 Å². The SMILES string of the molecule is C[C@@H]1COCCN1c1cc(C2(C#N)CCC3(CC3)CC2)c2ccnc(-c3ccn[nH]3)c2n1. The molecule has 6 rings (SSSR count). The first-order chi connectivity index (χ1) is 15.6. The van der Waals surface area contributed by atoms with E-state index in [1.807, 2.05) is 18.3 Å². The number of ether oxygens (including phenoxy) is 1. The Morgan fingerprint density at radius 2 is 1.97 bits per heavy atom. The van der Waals surface area contributed by atoms with Gasteiger partial charge in [0, 0.05) is 24.3 Å². The molecule has 7 nitrogen and oxygen atoms in total. The lowest BCUT2D eigenvalue weighted by Crippen LogP contribution is -2.44. The first-order valence-corrected chi connectivity index (χ1v) is 11.7. The van der Waals surface area contributed by atoms with Crippen LogP contribution < -0.4 is 4.90 Å². The van der Waals surface area contributed by atoms with Crippen molar-refractivity contribution in [3.63, 3.8) is 0 Å². The standard InChI is InChI=1S/C25H28N6O/c1-17-15-32-13-12-31(17)21-14-19(25(16-26)8-6-24(4-5-24)7-9-25)18-2-10-27-23(22(18)29-21)20-3-11-28-30-20/h2-3,10-11,14,17H,4-9,12-13,15H2,1H3,(H,28,30)/t17-/m1/s1. The average Bonchev–Trinajstić information content (AvgIpc) is 3.37. The van der Waals surface area contributed by atoms with Crippen LogP contribution in [0.25, 0.3) is 22.3 Å². The Morgan fingerprint density at radius 1 is 1.16 bits per heavy atom. The summed E-state index contributed by atoms with van der Waals surface area (Å²) in [5, 5.41) is 18.7. The lowest BCUT2D eigenvalue weighted by molar-refractivity contribution is 0.0985. The number of H-pyrrole nitrogens is 1. The third-order valence-electron chi connectivity index (χ3n) is 7.98. The zero-order valence-electron chi connectivity index (χ0n) is 18.5. The third-order valence-corrected chi connectivity index (χ3v) is 7.98. The summed E-state index contributed by atoms with van der Waals surface area (Å²) in [7, 11) is 0. The molecule has 1 atom stereocenters. The maximum Gasteiger partial charge on any atom is 0.130 e. The van der Waals surface area contributed by atoms with Crippen molar-refractivity contribution in [2.45, 2.75) is 56.9 Å². The van der Waals surface area contributed by atoms with Crippen LogP contribution in [-0.4, -0.2) is 46.0 Å². The quantitative estimate of drug-likeness (QED) is 0.666. The molecule has 2 aliphatic carbocycles. The Hall–Kier alpha value is -2.98. The van der Waals surface area contributed by atoms with Gasteiger partial charge in [-0.05, 0) is 74.6 Å². The van der Waals surface area contributed by atoms with Crippen LogP contribution in [0.4, 0.5) is 5.82 Å². The van der Waals surface area contributed by atoms with Crippen molar-refractivity contribution in [1.29, 1.82) is 5.26 Å². The number of pyridine rings is 2. The molecule has 3 fully saturated rings. The Labute approximate surface area is 187 Å². The van der Waals surface area contributed by atoms with Crippen molar-refractivity contribution in [1.82, 2.24) is 20.2 Å². The summed E-state index contributed by atoms with van der Waals surface area (Å²) in [4.78, 5) is 12.1. The number of hydrogen-bond donors (Lipinski definition) is 1. The van der Waals surface area contributed by atoms with Gasteiger partial charge in [0.2, 0.25) is 0 Å². The number of nitrogens with zero attached hydrogens (tertiary/aromatic N) is 5. The Balaban J connectivity index is 1.56. The summed E-state index contributed by atoms with van der Waals surface area (Å²) in [6.45, 7) is 4.33. The van der Waals surface area contributed by atoms with Gasteiger partial charge in [0.05, 0.1) is 36.4 Å². The number of fused-ring (bicyclic) bond motifs is 1. The maximum atomic E-state index is 10.5. The van der Waals surface area contributed by atoms with Crippen LogP contribution in [0.15, 0.2) is 30.6 Å². The molecule has 164 valence electrons. The first-order valence-electron chi connectivity index (χ1n) is 11.7. The fourth-order valence-corrected chi connectivity index (χ4v) is 5.66. The smallest absolute Gasteiger partial charge is 0.130 e. The van der Waals surface area contributed by atoms with E-state index in [4.69, 9.17) is 9.72 Å². The molecule has 1 N–H and O–H groups in total. The number of nitriles is 1. The largest absolute Gasteiger partial charge is 0.377 e. The van der Waals surface area contributed by atoms with Crippen molar-refractivity contribution in [3.05, 3.63) is 36.2 Å². The number of rotatable bonds is 3. The van der Waals surface area contributed by atoms with Crippen molar-refractivity contribution < 1.29 is 4.74 Å². The topological polar surface area (TPSA) is 90.7 Å². The minimum absolute atomic E-state index is 0.230. The predicted octanol–water partition coefficient (Wildman–Crippen LogP) is 4.36. The molecule has 0 bridgehead atoms. The molecular formula is C25H28N6O. The fraction of sp³-hybridized carbons (Fsp3) is 0.520. The Bertz CT molecular complexity index is 1180. The summed E-state index contributed by atoms with van der Waals surface area (Å²) >= 11 is 0. The second kappa shape index (κ2) is 7.28. The fourth-order valence-electron chi connectivity index (χ4n) is 5.66. The second-order valence-electron chi connectivity index (χ2n) is 9.87. The molecule has 0 unspecified atom stereocenters. The van der Waals surface area contributed by atoms with E-state index in [2.05, 4.69) is 39.1 Å². The summed E-state index contributed by atoms with van der Waals surface area (Å²) < 4.78 is 5.67. The molecule has 0 radical (unpaired) electrons. The van der Waals surface area contributed by atoms with Crippen LogP contribution in [0.5, 0.6) is 0 Å². The first kappa shape index (κ1) is 19.7. The normalized spacial score (nSPS) is 23.9. The molecule has 1 aliphatic heterocycles. The van der Waals surface area contributed by atoms with Gasteiger partial charge in [-0.2, -0.15) is 10.4 Å². The van der Waals surface area contributed by atoms with Gasteiger partial charge in [0.15, 0.2) is 0 Å². The van der Waals surface area contributed by atoms with E-state index < -0.39 is 5.41 Å². The molecule has 3 aliphatic rings. The molecule has 3 aromatic heterocycles. The maximum absolute atomic E-state index is 10.5. The predicted molar refractivity (Wildman–Crippen MR) is 122 cm³/mol. The Kier molecular flexibility index (Phi) is 4.48. The number of aromatic amines is 1. The molecule has 0 aromatic carbocycles. The molecule has 0 amide bonds.